The van der Waals surface area contributed by atoms with Crippen molar-refractivity contribution in [2.45, 2.75) is 36.4 Å². The van der Waals surface area contributed by atoms with Crippen LogP contribution in [0.1, 0.15) is 24.8 Å². The molecule has 0 fully saturated rings. The second-order valence-electron chi connectivity index (χ2n) is 8.24. The number of allylic oxidation sites excluding steroid dienone is 2. The van der Waals surface area contributed by atoms with E-state index in [1.165, 1.54) is 12.1 Å². The number of fused-ring (bicyclic) bond motifs is 1. The minimum absolute atomic E-state index is 0.0526. The van der Waals surface area contributed by atoms with E-state index in [2.05, 4.69) is 15.9 Å². The molecule has 1 heterocycles. The Bertz CT molecular complexity index is 1110. The van der Waals surface area contributed by atoms with Gasteiger partial charge >= 0.3 is 12.1 Å². The summed E-state index contributed by atoms with van der Waals surface area (Å²) in [6.45, 7) is 0.267. The van der Waals surface area contributed by atoms with E-state index in [4.69, 9.17) is 4.74 Å². The summed E-state index contributed by atoms with van der Waals surface area (Å²) < 4.78 is 59.2. The van der Waals surface area contributed by atoms with Crippen LogP contribution >= 0.6 is 15.9 Å². The number of aliphatic carboxylic acids is 1. The molecule has 0 radical (unpaired) electrons. The molecule has 4 rings (SSSR count). The van der Waals surface area contributed by atoms with Gasteiger partial charge in [0.25, 0.3) is 0 Å². The predicted octanol–water partition coefficient (Wildman–Crippen LogP) is 5.61. The van der Waals surface area contributed by atoms with Crippen LogP contribution in [-0.4, -0.2) is 33.8 Å². The van der Waals surface area contributed by atoms with Crippen LogP contribution in [0.25, 0.3) is 0 Å². The third kappa shape index (κ3) is 5.11. The number of halogens is 4. The van der Waals surface area contributed by atoms with Crippen molar-refractivity contribution < 1.29 is 32.0 Å². The van der Waals surface area contributed by atoms with Crippen molar-refractivity contribution in [3.63, 3.8) is 0 Å². The first-order valence-corrected chi connectivity index (χ1v) is 12.3. The van der Waals surface area contributed by atoms with E-state index in [1.54, 1.807) is 23.1 Å². The van der Waals surface area contributed by atoms with Gasteiger partial charge in [-0.25, -0.2) is 0 Å². The molecule has 0 spiro atoms. The molecule has 176 valence electrons. The van der Waals surface area contributed by atoms with Gasteiger partial charge in [0.2, 0.25) is 0 Å². The number of alkyl halides is 3. The second-order valence-corrected chi connectivity index (χ2v) is 10.6. The third-order valence-electron chi connectivity index (χ3n) is 5.93. The molecular formula is C23H21BrF3NO4S. The lowest BCUT2D eigenvalue weighted by Crippen LogP contribution is -2.45. The zero-order valence-electron chi connectivity index (χ0n) is 17.3. The summed E-state index contributed by atoms with van der Waals surface area (Å²) in [5.41, 5.74) is -1.16. The van der Waals surface area contributed by atoms with Gasteiger partial charge in [0.05, 0.1) is 39.9 Å². The SMILES string of the molecule is O=C(O)C1(C[C@H]2CN(CS(=O)c3cccc(C(F)(F)F)c3)c3cc(Br)ccc3O2)CC=CC1. The zero-order valence-corrected chi connectivity index (χ0v) is 19.8. The Kier molecular flexibility index (Phi) is 6.59. The number of anilines is 1. The lowest BCUT2D eigenvalue weighted by molar-refractivity contribution is -0.150. The van der Waals surface area contributed by atoms with Gasteiger partial charge in [-0.15, -0.1) is 0 Å². The number of carboxylic acid groups (broad SMARTS) is 1. The van der Waals surface area contributed by atoms with Gasteiger partial charge in [-0.05, 0) is 49.2 Å². The first kappa shape index (κ1) is 23.8. The van der Waals surface area contributed by atoms with Crippen molar-refractivity contribution in [2.75, 3.05) is 17.3 Å². The number of hydrogen-bond acceptors (Lipinski definition) is 4. The molecule has 0 saturated carbocycles. The molecule has 0 amide bonds. The van der Waals surface area contributed by atoms with Crippen LogP contribution < -0.4 is 9.64 Å². The smallest absolute Gasteiger partial charge is 0.416 e. The molecule has 0 aromatic heterocycles. The number of rotatable bonds is 6. The maximum atomic E-state index is 13.1. The lowest BCUT2D eigenvalue weighted by Gasteiger charge is -2.39. The number of nitrogens with zero attached hydrogens (tertiary/aromatic N) is 1. The van der Waals surface area contributed by atoms with Crippen LogP contribution in [0.5, 0.6) is 5.75 Å². The van der Waals surface area contributed by atoms with Crippen molar-refractivity contribution in [1.82, 2.24) is 0 Å². The van der Waals surface area contributed by atoms with Gasteiger partial charge in [0, 0.05) is 15.8 Å². The van der Waals surface area contributed by atoms with Crippen LogP contribution in [-0.2, 0) is 21.8 Å². The van der Waals surface area contributed by atoms with E-state index in [-0.39, 0.29) is 23.7 Å². The van der Waals surface area contributed by atoms with E-state index < -0.39 is 40.0 Å². The quantitative estimate of drug-likeness (QED) is 0.479. The zero-order chi connectivity index (χ0) is 23.8. The van der Waals surface area contributed by atoms with Crippen molar-refractivity contribution >= 4 is 38.4 Å². The van der Waals surface area contributed by atoms with Gasteiger partial charge in [0.15, 0.2) is 0 Å². The average molecular weight is 544 g/mol. The summed E-state index contributed by atoms with van der Waals surface area (Å²) in [6, 6.07) is 9.82. The summed E-state index contributed by atoms with van der Waals surface area (Å²) in [6.07, 6.45) is -0.227. The first-order chi connectivity index (χ1) is 15.6. The second kappa shape index (κ2) is 9.13. The van der Waals surface area contributed by atoms with Crippen molar-refractivity contribution in [1.29, 1.82) is 0 Å². The number of carboxylic acids is 1. The first-order valence-electron chi connectivity index (χ1n) is 10.2. The van der Waals surface area contributed by atoms with E-state index in [1.807, 2.05) is 12.2 Å². The normalized spacial score (nSPS) is 20.2. The van der Waals surface area contributed by atoms with Gasteiger partial charge in [-0.1, -0.05) is 34.1 Å². The van der Waals surface area contributed by atoms with Gasteiger partial charge in [-0.3, -0.25) is 9.00 Å². The molecule has 2 aliphatic rings. The summed E-state index contributed by atoms with van der Waals surface area (Å²) in [5.74, 6) is -0.429. The Balaban J connectivity index is 1.59. The molecule has 1 aliphatic heterocycles. The maximum absolute atomic E-state index is 13.1. The topological polar surface area (TPSA) is 66.8 Å². The maximum Gasteiger partial charge on any atom is 0.416 e. The summed E-state index contributed by atoms with van der Waals surface area (Å²) in [7, 11) is -1.75. The molecule has 33 heavy (non-hydrogen) atoms. The fraction of sp³-hybridized carbons (Fsp3) is 0.348. The minimum atomic E-state index is -4.53. The number of hydrogen-bond donors (Lipinski definition) is 1. The van der Waals surface area contributed by atoms with Gasteiger partial charge in [-0.2, -0.15) is 13.2 Å². The highest BCUT2D eigenvalue weighted by Gasteiger charge is 2.43. The molecule has 1 aliphatic carbocycles. The van der Waals surface area contributed by atoms with Crippen LogP contribution in [0.4, 0.5) is 18.9 Å². The summed E-state index contributed by atoms with van der Waals surface area (Å²) >= 11 is 3.41. The highest BCUT2D eigenvalue weighted by atomic mass is 79.9. The van der Waals surface area contributed by atoms with Crippen LogP contribution in [0.3, 0.4) is 0 Å². The molecule has 5 nitrogen and oxygen atoms in total. The van der Waals surface area contributed by atoms with E-state index in [0.29, 0.717) is 24.3 Å². The fourth-order valence-corrected chi connectivity index (χ4v) is 5.74. The Morgan fingerprint density at radius 2 is 1.94 bits per heavy atom. The van der Waals surface area contributed by atoms with Crippen molar-refractivity contribution in [2.24, 2.45) is 5.41 Å². The van der Waals surface area contributed by atoms with E-state index >= 15 is 0 Å². The molecule has 2 aromatic carbocycles. The third-order valence-corrected chi connectivity index (χ3v) is 7.75. The van der Waals surface area contributed by atoms with Gasteiger partial charge in [0.1, 0.15) is 11.9 Å². The molecule has 2 atom stereocenters. The highest BCUT2D eigenvalue weighted by Crippen LogP contribution is 2.43. The predicted molar refractivity (Wildman–Crippen MR) is 122 cm³/mol. The molecule has 0 bridgehead atoms. The molecule has 2 aromatic rings. The standard InChI is InChI=1S/C23H21BrF3NO4S/c24-16-6-7-20-19(11-16)28(13-17(32-20)12-22(21(29)30)8-1-2-9-22)14-33(31)18-5-3-4-15(10-18)23(25,26)27/h1-7,10-11,17H,8-9,12-14H2,(H,29,30)/t17-,33?/m0/s1. The molecule has 1 N–H and O–H groups in total. The molecule has 0 saturated heterocycles. The van der Waals surface area contributed by atoms with E-state index in [0.717, 1.165) is 16.6 Å². The average Bonchev–Trinajstić information content (AvgIpc) is 3.23. The lowest BCUT2D eigenvalue weighted by atomic mass is 9.79. The van der Waals surface area contributed by atoms with Crippen molar-refractivity contribution in [3.8, 4) is 5.75 Å². The Morgan fingerprint density at radius 1 is 1.21 bits per heavy atom. The Hall–Kier alpha value is -2.33. The molecule has 1 unspecified atom stereocenters. The fourth-order valence-electron chi connectivity index (χ4n) is 4.22. The summed E-state index contributed by atoms with van der Waals surface area (Å²) in [4.78, 5) is 13.9. The highest BCUT2D eigenvalue weighted by molar-refractivity contribution is 9.10. The number of carbonyl (C=O) groups is 1. The molecule has 10 heteroatoms. The minimum Gasteiger partial charge on any atom is -0.486 e. The number of benzene rings is 2. The Labute approximate surface area is 199 Å². The summed E-state index contributed by atoms with van der Waals surface area (Å²) in [5, 5.41) is 9.82. The monoisotopic (exact) mass is 543 g/mol. The van der Waals surface area contributed by atoms with Gasteiger partial charge < -0.3 is 14.7 Å². The number of ether oxygens (including phenoxy) is 1. The van der Waals surface area contributed by atoms with E-state index in [9.17, 15) is 27.3 Å². The van der Waals surface area contributed by atoms with Crippen molar-refractivity contribution in [3.05, 3.63) is 64.7 Å². The largest absolute Gasteiger partial charge is 0.486 e. The Morgan fingerprint density at radius 3 is 2.61 bits per heavy atom. The van der Waals surface area contributed by atoms with Crippen LogP contribution in [0, 0.1) is 5.41 Å². The van der Waals surface area contributed by atoms with Crippen LogP contribution in [0.2, 0.25) is 0 Å². The van der Waals surface area contributed by atoms with Crippen LogP contribution in [0.15, 0.2) is 64.0 Å². The molecular weight excluding hydrogens is 523 g/mol.